The fraction of sp³-hybridized carbons (Fsp3) is 0.136. The second kappa shape index (κ2) is 8.17. The highest BCUT2D eigenvalue weighted by Gasteiger charge is 2.17. The zero-order chi connectivity index (χ0) is 21.1. The van der Waals surface area contributed by atoms with Crippen molar-refractivity contribution in [3.8, 4) is 5.75 Å². The standard InChI is InChI=1S/C22H19NO6S/c1-27-21(24)14-28-20-8-4-7-19-17(13-29-22(19)20)12-23-30(25,26)18-10-9-15-5-2-3-6-16(15)11-18/h2-11,13,23H,12,14H2,1H3. The van der Waals surface area contributed by atoms with E-state index in [2.05, 4.69) is 9.46 Å². The van der Waals surface area contributed by atoms with Gasteiger partial charge in [-0.25, -0.2) is 17.9 Å². The Morgan fingerprint density at radius 3 is 2.63 bits per heavy atom. The van der Waals surface area contributed by atoms with Crippen molar-refractivity contribution in [1.29, 1.82) is 0 Å². The Morgan fingerprint density at radius 1 is 1.03 bits per heavy atom. The molecule has 8 heteroatoms. The van der Waals surface area contributed by atoms with Gasteiger partial charge in [0.2, 0.25) is 10.0 Å². The van der Waals surface area contributed by atoms with Gasteiger partial charge in [-0.1, -0.05) is 42.5 Å². The first kappa shape index (κ1) is 19.9. The van der Waals surface area contributed by atoms with Gasteiger partial charge in [0, 0.05) is 17.5 Å². The van der Waals surface area contributed by atoms with E-state index in [1.165, 1.54) is 13.4 Å². The number of ether oxygens (including phenoxy) is 2. The number of fused-ring (bicyclic) bond motifs is 2. The van der Waals surface area contributed by atoms with Gasteiger partial charge in [0.25, 0.3) is 0 Å². The molecule has 1 N–H and O–H groups in total. The van der Waals surface area contributed by atoms with Crippen LogP contribution < -0.4 is 9.46 Å². The number of hydrogen-bond donors (Lipinski definition) is 1. The molecule has 7 nitrogen and oxygen atoms in total. The van der Waals surface area contributed by atoms with Gasteiger partial charge in [0.05, 0.1) is 18.3 Å². The molecule has 0 spiro atoms. The van der Waals surface area contributed by atoms with E-state index >= 15 is 0 Å². The summed E-state index contributed by atoms with van der Waals surface area (Å²) < 4.78 is 43.7. The number of nitrogens with one attached hydrogen (secondary N) is 1. The van der Waals surface area contributed by atoms with Gasteiger partial charge in [0.15, 0.2) is 17.9 Å². The number of carbonyl (C=O) groups excluding carboxylic acids is 1. The van der Waals surface area contributed by atoms with E-state index in [9.17, 15) is 13.2 Å². The molecule has 0 atom stereocenters. The van der Waals surface area contributed by atoms with Crippen LogP contribution in [0.5, 0.6) is 5.75 Å². The third kappa shape index (κ3) is 4.00. The topological polar surface area (TPSA) is 94.8 Å². The summed E-state index contributed by atoms with van der Waals surface area (Å²) in [6.45, 7) is -0.206. The maximum atomic E-state index is 12.8. The van der Waals surface area contributed by atoms with Gasteiger partial charge in [-0.3, -0.25) is 0 Å². The van der Waals surface area contributed by atoms with E-state index in [1.54, 1.807) is 36.4 Å². The van der Waals surface area contributed by atoms with E-state index in [0.717, 1.165) is 10.8 Å². The van der Waals surface area contributed by atoms with Crippen molar-refractivity contribution in [3.63, 3.8) is 0 Å². The maximum absolute atomic E-state index is 12.8. The number of carbonyl (C=O) groups is 1. The Hall–Kier alpha value is -3.36. The molecule has 4 rings (SSSR count). The molecule has 30 heavy (non-hydrogen) atoms. The summed E-state index contributed by atoms with van der Waals surface area (Å²) in [7, 11) is -2.44. The van der Waals surface area contributed by atoms with Crippen LogP contribution in [-0.2, 0) is 26.1 Å². The third-order valence-electron chi connectivity index (χ3n) is 4.70. The highest BCUT2D eigenvalue weighted by molar-refractivity contribution is 7.89. The van der Waals surface area contributed by atoms with Crippen LogP contribution in [0.4, 0.5) is 0 Å². The minimum absolute atomic E-state index is 0.0443. The molecule has 0 bridgehead atoms. The lowest BCUT2D eigenvalue weighted by Crippen LogP contribution is -2.23. The Kier molecular flexibility index (Phi) is 5.43. The van der Waals surface area contributed by atoms with E-state index in [4.69, 9.17) is 9.15 Å². The van der Waals surface area contributed by atoms with Crippen molar-refractivity contribution in [3.05, 3.63) is 72.5 Å². The number of methoxy groups -OCH3 is 1. The number of furan rings is 1. The summed E-state index contributed by atoms with van der Waals surface area (Å²) in [6.07, 6.45) is 1.47. The first-order valence-corrected chi connectivity index (χ1v) is 10.6. The third-order valence-corrected chi connectivity index (χ3v) is 6.10. The summed E-state index contributed by atoms with van der Waals surface area (Å²) >= 11 is 0. The molecule has 0 aliphatic heterocycles. The highest BCUT2D eigenvalue weighted by Crippen LogP contribution is 2.30. The SMILES string of the molecule is COC(=O)COc1cccc2c(CNS(=O)(=O)c3ccc4ccccc4c3)coc12. The van der Waals surface area contributed by atoms with Crippen molar-refractivity contribution in [1.82, 2.24) is 4.72 Å². The summed E-state index contributed by atoms with van der Waals surface area (Å²) in [4.78, 5) is 11.5. The zero-order valence-corrected chi connectivity index (χ0v) is 16.9. The number of sulfonamides is 1. The summed E-state index contributed by atoms with van der Waals surface area (Å²) in [5.74, 6) is -0.136. The lowest BCUT2D eigenvalue weighted by Gasteiger charge is -2.08. The van der Waals surface area contributed by atoms with E-state index in [0.29, 0.717) is 22.3 Å². The molecular weight excluding hydrogens is 406 g/mol. The van der Waals surface area contributed by atoms with Gasteiger partial charge in [0.1, 0.15) is 0 Å². The molecule has 0 aliphatic rings. The van der Waals surface area contributed by atoms with Crippen molar-refractivity contribution in [2.24, 2.45) is 0 Å². The van der Waals surface area contributed by atoms with Gasteiger partial charge >= 0.3 is 5.97 Å². The fourth-order valence-corrected chi connectivity index (χ4v) is 4.16. The normalized spacial score (nSPS) is 11.6. The van der Waals surface area contributed by atoms with E-state index in [-0.39, 0.29) is 18.0 Å². The highest BCUT2D eigenvalue weighted by atomic mass is 32.2. The second-order valence-corrected chi connectivity index (χ2v) is 8.36. The monoisotopic (exact) mass is 425 g/mol. The molecular formula is C22H19NO6S. The summed E-state index contributed by atoms with van der Waals surface area (Å²) in [6, 6.07) is 17.8. The van der Waals surface area contributed by atoms with Crippen LogP contribution in [0.15, 0.2) is 76.2 Å². The van der Waals surface area contributed by atoms with Gasteiger partial charge in [-0.05, 0) is 29.0 Å². The number of esters is 1. The number of hydrogen-bond acceptors (Lipinski definition) is 6. The first-order valence-electron chi connectivity index (χ1n) is 9.15. The quantitative estimate of drug-likeness (QED) is 0.455. The minimum atomic E-state index is -3.72. The van der Waals surface area contributed by atoms with E-state index in [1.807, 2.05) is 24.3 Å². The number of rotatable bonds is 7. The van der Waals surface area contributed by atoms with Crippen molar-refractivity contribution in [2.45, 2.75) is 11.4 Å². The van der Waals surface area contributed by atoms with Gasteiger partial charge < -0.3 is 13.9 Å². The van der Waals surface area contributed by atoms with Crippen LogP contribution in [0.3, 0.4) is 0 Å². The molecule has 0 saturated carbocycles. The van der Waals surface area contributed by atoms with Crippen molar-refractivity contribution < 1.29 is 27.1 Å². The molecule has 1 heterocycles. The molecule has 3 aromatic carbocycles. The van der Waals surface area contributed by atoms with Gasteiger partial charge in [-0.2, -0.15) is 0 Å². The smallest absolute Gasteiger partial charge is 0.343 e. The second-order valence-electron chi connectivity index (χ2n) is 6.59. The molecule has 4 aromatic rings. The Morgan fingerprint density at radius 2 is 1.83 bits per heavy atom. The molecule has 0 amide bonds. The number of para-hydroxylation sites is 1. The predicted octanol–water partition coefficient (Wildman–Crippen LogP) is 3.62. The Bertz CT molecular complexity index is 1330. The van der Waals surface area contributed by atoms with Crippen LogP contribution in [0.2, 0.25) is 0 Å². The minimum Gasteiger partial charge on any atom is -0.478 e. The zero-order valence-electron chi connectivity index (χ0n) is 16.1. The van der Waals surface area contributed by atoms with Crippen LogP contribution in [-0.4, -0.2) is 28.1 Å². The van der Waals surface area contributed by atoms with E-state index < -0.39 is 16.0 Å². The maximum Gasteiger partial charge on any atom is 0.343 e. The number of benzene rings is 3. The molecule has 0 aliphatic carbocycles. The largest absolute Gasteiger partial charge is 0.478 e. The van der Waals surface area contributed by atoms with Crippen LogP contribution in [0, 0.1) is 0 Å². The molecule has 0 saturated heterocycles. The van der Waals surface area contributed by atoms with Crippen molar-refractivity contribution in [2.75, 3.05) is 13.7 Å². The summed E-state index contributed by atoms with van der Waals surface area (Å²) in [5, 5.41) is 2.51. The molecule has 0 fully saturated rings. The Labute approximate surface area is 173 Å². The van der Waals surface area contributed by atoms with Crippen LogP contribution in [0.25, 0.3) is 21.7 Å². The van der Waals surface area contributed by atoms with Crippen molar-refractivity contribution >= 4 is 37.7 Å². The first-order chi connectivity index (χ1) is 14.5. The average Bonchev–Trinajstić information content (AvgIpc) is 3.19. The predicted molar refractivity (Wildman–Crippen MR) is 112 cm³/mol. The molecule has 0 unspecified atom stereocenters. The molecule has 154 valence electrons. The van der Waals surface area contributed by atoms with Crippen LogP contribution in [0.1, 0.15) is 5.56 Å². The lowest BCUT2D eigenvalue weighted by molar-refractivity contribution is -0.142. The summed E-state index contributed by atoms with van der Waals surface area (Å²) in [5.41, 5.74) is 1.08. The average molecular weight is 425 g/mol. The van der Waals surface area contributed by atoms with Gasteiger partial charge in [-0.15, -0.1) is 0 Å². The molecule has 0 radical (unpaired) electrons. The lowest BCUT2D eigenvalue weighted by atomic mass is 10.1. The fourth-order valence-electron chi connectivity index (χ4n) is 3.12. The Balaban J connectivity index is 1.54. The van der Waals surface area contributed by atoms with Crippen LogP contribution >= 0.6 is 0 Å². The molecule has 1 aromatic heterocycles.